The van der Waals surface area contributed by atoms with E-state index in [-0.39, 0.29) is 9.65 Å². The third kappa shape index (κ3) is 4.19. The largest absolute Gasteiger partial charge is 0.0876 e. The first kappa shape index (κ1) is 16.7. The van der Waals surface area contributed by atoms with Crippen molar-refractivity contribution in [1.82, 2.24) is 0 Å². The van der Waals surface area contributed by atoms with Crippen molar-refractivity contribution in [2.75, 3.05) is 0 Å². The topological polar surface area (TPSA) is 0 Å². The van der Waals surface area contributed by atoms with Crippen molar-refractivity contribution in [2.45, 2.75) is 20.3 Å². The summed E-state index contributed by atoms with van der Waals surface area (Å²) in [6, 6.07) is 17.3. The lowest BCUT2D eigenvalue weighted by atomic mass is 10.0. The maximum absolute atomic E-state index is 3.80. The van der Waals surface area contributed by atoms with Crippen LogP contribution in [0.25, 0.3) is 0 Å². The minimum Gasteiger partial charge on any atom is -0.0876 e. The summed E-state index contributed by atoms with van der Waals surface area (Å²) in [6.45, 7) is 0. The van der Waals surface area contributed by atoms with Crippen molar-refractivity contribution in [1.29, 1.82) is 0 Å². The average molecular weight is 526 g/mol. The van der Waals surface area contributed by atoms with Crippen LogP contribution in [-0.2, 0) is 10.7 Å². The maximum atomic E-state index is 3.80. The van der Waals surface area contributed by atoms with Gasteiger partial charge in [-0.1, -0.05) is 112 Å². The predicted octanol–water partition coefficient (Wildman–Crippen LogP) is 7.05. The fourth-order valence-electron chi connectivity index (χ4n) is 1.92. The number of benzene rings is 2. The molecule has 0 aliphatic heterocycles. The smallest absolute Gasteiger partial charge is 0.0561 e. The Morgan fingerprint density at radius 1 is 0.600 bits per heavy atom. The molecule has 2 aromatic carbocycles. The minimum absolute atomic E-state index is 0.252. The van der Waals surface area contributed by atoms with Crippen molar-refractivity contribution in [3.05, 3.63) is 70.8 Å². The summed E-state index contributed by atoms with van der Waals surface area (Å²) in [5.41, 5.74) is 5.14. The molecule has 2 aromatic rings. The molecule has 0 saturated carbocycles. The molecule has 0 fully saturated rings. The monoisotopic (exact) mass is 522 g/mol. The van der Waals surface area contributed by atoms with E-state index < -0.39 is 0 Å². The molecule has 2 atom stereocenters. The van der Waals surface area contributed by atoms with E-state index >= 15 is 0 Å². The second kappa shape index (κ2) is 8.11. The lowest BCUT2D eigenvalue weighted by Crippen LogP contribution is -1.99. The molecule has 0 amide bonds. The molecule has 0 saturated heterocycles. The molecule has 0 unspecified atom stereocenters. The van der Waals surface area contributed by atoms with Crippen LogP contribution in [0.15, 0.2) is 48.5 Å². The molecule has 0 radical (unpaired) electrons. The predicted molar refractivity (Wildman–Crippen MR) is 101 cm³/mol. The van der Waals surface area contributed by atoms with Crippen molar-refractivity contribution in [3.63, 3.8) is 0 Å². The van der Waals surface area contributed by atoms with E-state index in [1.54, 1.807) is 0 Å². The Morgan fingerprint density at radius 2 is 0.900 bits per heavy atom. The zero-order chi connectivity index (χ0) is 14.5. The van der Waals surface area contributed by atoms with Gasteiger partial charge in [-0.05, 0) is 22.3 Å². The van der Waals surface area contributed by atoms with Crippen molar-refractivity contribution in [3.8, 4) is 0 Å². The first-order valence-electron chi connectivity index (χ1n) is 6.23. The Hall–Kier alpha value is 0.360. The summed E-state index contributed by atoms with van der Waals surface area (Å²) in [5, 5.41) is 1.79. The molecular weight excluding hydrogens is 512 g/mol. The third-order valence-electron chi connectivity index (χ3n) is 3.16. The Bertz CT molecular complexity index is 482. The molecule has 0 bridgehead atoms. The minimum atomic E-state index is 0.252. The molecule has 0 N–H and O–H groups in total. The highest BCUT2D eigenvalue weighted by molar-refractivity contribution is 9.12. The molecule has 0 spiro atoms. The van der Waals surface area contributed by atoms with E-state index in [0.717, 1.165) is 10.7 Å². The summed E-state index contributed by atoms with van der Waals surface area (Å²) in [6.07, 6.45) is 0. The Kier molecular flexibility index (Phi) is 6.79. The van der Waals surface area contributed by atoms with Crippen LogP contribution >= 0.6 is 63.7 Å². The Morgan fingerprint density at radius 3 is 1.15 bits per heavy atom. The van der Waals surface area contributed by atoms with Gasteiger partial charge >= 0.3 is 0 Å². The van der Waals surface area contributed by atoms with E-state index in [1.165, 1.54) is 22.3 Å². The molecular formula is C16H14Br4. The fraction of sp³-hybridized carbons (Fsp3) is 0.250. The third-order valence-corrected chi connectivity index (χ3v) is 7.28. The normalized spacial score (nSPS) is 14.0. The first-order chi connectivity index (χ1) is 9.65. The molecule has 106 valence electrons. The number of alkyl halides is 4. The summed E-state index contributed by atoms with van der Waals surface area (Å²) in [4.78, 5) is 0.503. The van der Waals surface area contributed by atoms with Gasteiger partial charge in [0.25, 0.3) is 0 Å². The van der Waals surface area contributed by atoms with E-state index in [2.05, 4.69) is 112 Å². The van der Waals surface area contributed by atoms with Gasteiger partial charge in [-0.25, -0.2) is 0 Å². The molecule has 0 aromatic heterocycles. The Balaban J connectivity index is 2.15. The summed E-state index contributed by atoms with van der Waals surface area (Å²) in [7, 11) is 0. The van der Waals surface area contributed by atoms with Crippen LogP contribution in [-0.4, -0.2) is 0 Å². The SMILES string of the molecule is BrCc1ccc([C@@H](Br)[C@@H](Br)c2ccc(CBr)cc2)cc1. The van der Waals surface area contributed by atoms with Gasteiger partial charge in [0.1, 0.15) is 0 Å². The van der Waals surface area contributed by atoms with Gasteiger partial charge in [-0.2, -0.15) is 0 Å². The van der Waals surface area contributed by atoms with Crippen LogP contribution in [0, 0.1) is 0 Å². The van der Waals surface area contributed by atoms with Crippen molar-refractivity contribution >= 4 is 63.7 Å². The van der Waals surface area contributed by atoms with Crippen LogP contribution in [0.4, 0.5) is 0 Å². The van der Waals surface area contributed by atoms with Crippen LogP contribution in [0.5, 0.6) is 0 Å². The van der Waals surface area contributed by atoms with E-state index in [1.807, 2.05) is 0 Å². The van der Waals surface area contributed by atoms with E-state index in [4.69, 9.17) is 0 Å². The molecule has 0 aliphatic rings. The van der Waals surface area contributed by atoms with Gasteiger partial charge in [0.05, 0.1) is 9.65 Å². The summed E-state index contributed by atoms with van der Waals surface area (Å²) in [5.74, 6) is 0. The molecule has 0 aliphatic carbocycles. The standard InChI is InChI=1S/C16H14Br4/c17-9-11-1-5-13(6-2-11)15(19)16(20)14-7-3-12(10-18)4-8-14/h1-8,15-16H,9-10H2/t15-,16+. The van der Waals surface area contributed by atoms with Crippen LogP contribution < -0.4 is 0 Å². The summed E-state index contributed by atoms with van der Waals surface area (Å²) >= 11 is 14.6. The highest BCUT2D eigenvalue weighted by Crippen LogP contribution is 2.42. The first-order valence-corrected chi connectivity index (χ1v) is 10.3. The maximum Gasteiger partial charge on any atom is 0.0561 e. The fourth-order valence-corrected chi connectivity index (χ4v) is 3.89. The zero-order valence-electron chi connectivity index (χ0n) is 10.7. The second-order valence-corrected chi connectivity index (χ2v) is 7.65. The lowest BCUT2D eigenvalue weighted by molar-refractivity contribution is 0.936. The second-order valence-electron chi connectivity index (χ2n) is 4.55. The van der Waals surface area contributed by atoms with Gasteiger partial charge in [-0.3, -0.25) is 0 Å². The molecule has 0 nitrogen and oxygen atoms in total. The van der Waals surface area contributed by atoms with E-state index in [9.17, 15) is 0 Å². The Labute approximate surface area is 153 Å². The average Bonchev–Trinajstić information content (AvgIpc) is 2.53. The van der Waals surface area contributed by atoms with Crippen LogP contribution in [0.1, 0.15) is 31.9 Å². The number of rotatable bonds is 5. The molecule has 20 heavy (non-hydrogen) atoms. The van der Waals surface area contributed by atoms with Crippen LogP contribution in [0.2, 0.25) is 0 Å². The van der Waals surface area contributed by atoms with Gasteiger partial charge in [0.2, 0.25) is 0 Å². The quantitative estimate of drug-likeness (QED) is 0.367. The van der Waals surface area contributed by atoms with Gasteiger partial charge in [-0.15, -0.1) is 0 Å². The highest BCUT2D eigenvalue weighted by atomic mass is 79.9. The highest BCUT2D eigenvalue weighted by Gasteiger charge is 2.19. The number of hydrogen-bond acceptors (Lipinski definition) is 0. The molecule has 2 rings (SSSR count). The van der Waals surface area contributed by atoms with Crippen LogP contribution in [0.3, 0.4) is 0 Å². The van der Waals surface area contributed by atoms with Crippen molar-refractivity contribution < 1.29 is 0 Å². The van der Waals surface area contributed by atoms with Crippen molar-refractivity contribution in [2.24, 2.45) is 0 Å². The number of hydrogen-bond donors (Lipinski definition) is 0. The number of halogens is 4. The van der Waals surface area contributed by atoms with Gasteiger partial charge in [0.15, 0.2) is 0 Å². The molecule has 0 heterocycles. The summed E-state index contributed by atoms with van der Waals surface area (Å²) < 4.78 is 0. The molecule has 4 heteroatoms. The van der Waals surface area contributed by atoms with Gasteiger partial charge < -0.3 is 0 Å². The van der Waals surface area contributed by atoms with Gasteiger partial charge in [0, 0.05) is 10.7 Å². The lowest BCUT2D eigenvalue weighted by Gasteiger charge is -2.18. The zero-order valence-corrected chi connectivity index (χ0v) is 17.0. The van der Waals surface area contributed by atoms with E-state index in [0.29, 0.717) is 0 Å².